The fourth-order valence-electron chi connectivity index (χ4n) is 3.64. The van der Waals surface area contributed by atoms with Crippen LogP contribution in [0.4, 0.5) is 4.79 Å². The molecule has 0 spiro atoms. The van der Waals surface area contributed by atoms with Crippen LogP contribution in [0.15, 0.2) is 64.4 Å². The molecule has 2 aliphatic heterocycles. The van der Waals surface area contributed by atoms with Gasteiger partial charge in [0.15, 0.2) is 0 Å². The Morgan fingerprint density at radius 2 is 2.17 bits per heavy atom. The summed E-state index contributed by atoms with van der Waals surface area (Å²) < 4.78 is 5.19. The minimum absolute atomic E-state index is 0.0772. The summed E-state index contributed by atoms with van der Waals surface area (Å²) in [6, 6.07) is 7.28. The van der Waals surface area contributed by atoms with Gasteiger partial charge in [-0.3, -0.25) is 24.3 Å². The number of furan rings is 1. The van der Waals surface area contributed by atoms with Crippen LogP contribution >= 0.6 is 11.8 Å². The van der Waals surface area contributed by atoms with E-state index in [1.807, 2.05) is 12.1 Å². The Balaban J connectivity index is 1.44. The van der Waals surface area contributed by atoms with Gasteiger partial charge in [0.1, 0.15) is 12.3 Å². The van der Waals surface area contributed by atoms with Crippen molar-refractivity contribution in [3.8, 4) is 0 Å². The van der Waals surface area contributed by atoms with E-state index >= 15 is 0 Å². The molecule has 0 aliphatic carbocycles. The van der Waals surface area contributed by atoms with Crippen molar-refractivity contribution in [2.75, 3.05) is 13.1 Å². The van der Waals surface area contributed by atoms with Crippen molar-refractivity contribution in [3.63, 3.8) is 0 Å². The van der Waals surface area contributed by atoms with Gasteiger partial charge in [-0.05, 0) is 66.9 Å². The number of hydrogen-bond acceptors (Lipinski definition) is 6. The second-order valence-corrected chi connectivity index (χ2v) is 8.04. The highest BCUT2D eigenvalue weighted by Crippen LogP contribution is 2.33. The molecule has 0 aromatic carbocycles. The van der Waals surface area contributed by atoms with E-state index in [0.29, 0.717) is 12.3 Å². The van der Waals surface area contributed by atoms with Crippen LogP contribution in [-0.4, -0.2) is 44.9 Å². The average Bonchev–Trinajstić information content (AvgIpc) is 3.38. The molecule has 4 heterocycles. The SMILES string of the molecule is O=C1SC(=CC=Cc2ccco2)C(=O)N1CC(=O)N1CCCCC1c1cccnc1. The van der Waals surface area contributed by atoms with Crippen LogP contribution in [0.3, 0.4) is 0 Å². The lowest BCUT2D eigenvalue weighted by Gasteiger charge is -2.36. The number of carbonyl (C=O) groups is 3. The number of pyridine rings is 1. The molecule has 2 aromatic heterocycles. The van der Waals surface area contributed by atoms with Gasteiger partial charge in [-0.2, -0.15) is 0 Å². The van der Waals surface area contributed by atoms with Gasteiger partial charge in [0.2, 0.25) is 5.91 Å². The number of likely N-dealkylation sites (tertiary alicyclic amines) is 1. The Morgan fingerprint density at radius 1 is 1.27 bits per heavy atom. The van der Waals surface area contributed by atoms with Crippen LogP contribution in [0.1, 0.15) is 36.6 Å². The summed E-state index contributed by atoms with van der Waals surface area (Å²) in [6.45, 7) is 0.358. The molecule has 2 aliphatic rings. The number of piperidine rings is 1. The standard InChI is InChI=1S/C22H21N3O4S/c26-20(24-12-2-1-9-18(24)16-6-4-11-23-14-16)15-25-21(27)19(30-22(25)28)10-3-7-17-8-5-13-29-17/h3-8,10-11,13-14,18H,1-2,9,12,15H2. The number of imide groups is 1. The van der Waals surface area contributed by atoms with Crippen LogP contribution in [0, 0.1) is 0 Å². The molecular weight excluding hydrogens is 402 g/mol. The molecule has 2 saturated heterocycles. The smallest absolute Gasteiger partial charge is 0.294 e. The minimum Gasteiger partial charge on any atom is -0.465 e. The third kappa shape index (κ3) is 4.38. The second kappa shape index (κ2) is 9.13. The van der Waals surface area contributed by atoms with Gasteiger partial charge in [-0.1, -0.05) is 12.1 Å². The number of carbonyl (C=O) groups excluding carboxylic acids is 3. The zero-order chi connectivity index (χ0) is 20.9. The zero-order valence-electron chi connectivity index (χ0n) is 16.3. The first-order valence-corrected chi connectivity index (χ1v) is 10.6. The van der Waals surface area contributed by atoms with E-state index in [1.54, 1.807) is 53.9 Å². The maximum absolute atomic E-state index is 13.0. The van der Waals surface area contributed by atoms with Crippen molar-refractivity contribution in [3.05, 3.63) is 71.3 Å². The van der Waals surface area contributed by atoms with E-state index in [-0.39, 0.29) is 23.4 Å². The molecule has 0 saturated carbocycles. The van der Waals surface area contributed by atoms with E-state index in [9.17, 15) is 14.4 Å². The number of thioether (sulfide) groups is 1. The first-order chi connectivity index (χ1) is 14.6. The Morgan fingerprint density at radius 3 is 2.93 bits per heavy atom. The van der Waals surface area contributed by atoms with Crippen LogP contribution in [-0.2, 0) is 9.59 Å². The summed E-state index contributed by atoms with van der Waals surface area (Å²) >= 11 is 0.841. The molecule has 3 amide bonds. The summed E-state index contributed by atoms with van der Waals surface area (Å²) in [5, 5.41) is -0.430. The Bertz CT molecular complexity index is 985. The Kier molecular flexibility index (Phi) is 6.13. The number of amides is 3. The molecule has 0 radical (unpaired) electrons. The number of hydrogen-bond donors (Lipinski definition) is 0. The lowest BCUT2D eigenvalue weighted by atomic mass is 9.96. The molecular formula is C22H21N3O4S. The minimum atomic E-state index is -0.447. The predicted molar refractivity (Wildman–Crippen MR) is 113 cm³/mol. The molecule has 1 unspecified atom stereocenters. The zero-order valence-corrected chi connectivity index (χ0v) is 17.1. The molecule has 7 nitrogen and oxygen atoms in total. The highest BCUT2D eigenvalue weighted by molar-refractivity contribution is 8.18. The van der Waals surface area contributed by atoms with Crippen molar-refractivity contribution in [1.29, 1.82) is 0 Å². The summed E-state index contributed by atoms with van der Waals surface area (Å²) in [5.74, 6) is -0.0252. The molecule has 2 fully saturated rings. The van der Waals surface area contributed by atoms with Crippen molar-refractivity contribution < 1.29 is 18.8 Å². The summed E-state index contributed by atoms with van der Waals surface area (Å²) in [4.78, 5) is 45.3. The van der Waals surface area contributed by atoms with Crippen LogP contribution in [0.5, 0.6) is 0 Å². The molecule has 30 heavy (non-hydrogen) atoms. The van der Waals surface area contributed by atoms with E-state index in [4.69, 9.17) is 4.42 Å². The molecule has 8 heteroatoms. The van der Waals surface area contributed by atoms with Gasteiger partial charge in [-0.25, -0.2) is 0 Å². The third-order valence-corrected chi connectivity index (χ3v) is 6.04. The van der Waals surface area contributed by atoms with E-state index in [1.165, 1.54) is 0 Å². The van der Waals surface area contributed by atoms with E-state index in [0.717, 1.165) is 41.5 Å². The van der Waals surface area contributed by atoms with E-state index < -0.39 is 11.1 Å². The van der Waals surface area contributed by atoms with Crippen molar-refractivity contribution in [1.82, 2.24) is 14.8 Å². The fraction of sp³-hybridized carbons (Fsp3) is 0.273. The first-order valence-electron chi connectivity index (χ1n) is 9.78. The number of rotatable bonds is 5. The monoisotopic (exact) mass is 423 g/mol. The molecule has 4 rings (SSSR count). The van der Waals surface area contributed by atoms with Crippen molar-refractivity contribution in [2.24, 2.45) is 0 Å². The molecule has 0 N–H and O–H groups in total. The molecule has 0 bridgehead atoms. The Hall–Kier alpha value is -3.13. The van der Waals surface area contributed by atoms with Crippen molar-refractivity contribution >= 4 is 34.9 Å². The van der Waals surface area contributed by atoms with Gasteiger partial charge >= 0.3 is 0 Å². The summed E-state index contributed by atoms with van der Waals surface area (Å²) in [5.41, 5.74) is 0.975. The number of allylic oxidation sites excluding steroid dienone is 2. The van der Waals surface area contributed by atoms with E-state index in [2.05, 4.69) is 4.98 Å². The van der Waals surface area contributed by atoms with Gasteiger partial charge in [0, 0.05) is 18.9 Å². The first kappa shape index (κ1) is 20.2. The van der Waals surface area contributed by atoms with Gasteiger partial charge in [0.25, 0.3) is 11.1 Å². The van der Waals surface area contributed by atoms with Gasteiger partial charge < -0.3 is 9.32 Å². The third-order valence-electron chi connectivity index (χ3n) is 5.11. The maximum atomic E-state index is 13.0. The second-order valence-electron chi connectivity index (χ2n) is 7.05. The van der Waals surface area contributed by atoms with Crippen LogP contribution in [0.25, 0.3) is 6.08 Å². The highest BCUT2D eigenvalue weighted by atomic mass is 32.2. The van der Waals surface area contributed by atoms with Gasteiger partial charge in [0.05, 0.1) is 17.2 Å². The number of nitrogens with zero attached hydrogens (tertiary/aromatic N) is 3. The van der Waals surface area contributed by atoms with Crippen molar-refractivity contribution in [2.45, 2.75) is 25.3 Å². The maximum Gasteiger partial charge on any atom is 0.294 e. The topological polar surface area (TPSA) is 83.7 Å². The summed E-state index contributed by atoms with van der Waals surface area (Å²) in [7, 11) is 0. The Labute approximate surface area is 178 Å². The predicted octanol–water partition coefficient (Wildman–Crippen LogP) is 4.02. The lowest BCUT2D eigenvalue weighted by Crippen LogP contribution is -2.45. The molecule has 1 atom stereocenters. The molecule has 2 aromatic rings. The normalized spacial score (nSPS) is 21.2. The average molecular weight is 423 g/mol. The lowest BCUT2D eigenvalue weighted by molar-refractivity contribution is -0.138. The summed E-state index contributed by atoms with van der Waals surface area (Å²) in [6.07, 6.45) is 12.7. The largest absolute Gasteiger partial charge is 0.465 e. The highest BCUT2D eigenvalue weighted by Gasteiger charge is 2.38. The quantitative estimate of drug-likeness (QED) is 0.676. The molecule has 154 valence electrons. The van der Waals surface area contributed by atoms with Crippen LogP contribution in [0.2, 0.25) is 0 Å². The van der Waals surface area contributed by atoms with Gasteiger partial charge in [-0.15, -0.1) is 0 Å². The number of aromatic nitrogens is 1. The fourth-order valence-corrected chi connectivity index (χ4v) is 4.43. The van der Waals surface area contributed by atoms with Crippen LogP contribution < -0.4 is 0 Å².